The number of pyridine rings is 1. The Balaban J connectivity index is 1.37. The highest BCUT2D eigenvalue weighted by atomic mass is 16.7. The van der Waals surface area contributed by atoms with Crippen molar-refractivity contribution in [3.63, 3.8) is 0 Å². The van der Waals surface area contributed by atoms with E-state index in [2.05, 4.69) is 47.3 Å². The van der Waals surface area contributed by atoms with E-state index in [1.807, 2.05) is 18.3 Å². The zero-order valence-corrected chi connectivity index (χ0v) is 16.3. The minimum atomic E-state index is 0.312. The van der Waals surface area contributed by atoms with Crippen LogP contribution >= 0.6 is 0 Å². The standard InChI is InChI=1S/C22H29N3O2/c1-22(2)8-4-10-25(15-22)21-11-17(7-9-24-21)13-23-14-18-5-3-6-19-12-20(18)27-16-26-19/h3,5-7,9,11,23H,4,8,10,12-16H2,1-2H3. The summed E-state index contributed by atoms with van der Waals surface area (Å²) in [5.41, 5.74) is 2.82. The smallest absolute Gasteiger partial charge is 0.229 e. The largest absolute Gasteiger partial charge is 0.461 e. The number of piperidine rings is 1. The average molecular weight is 367 g/mol. The minimum absolute atomic E-state index is 0.312. The SMILES string of the molecule is CC1(C)CCCN(c2cc(CNCC3=C4CC(=CC=C3)OCO4)ccn2)C1. The molecule has 1 N–H and O–H groups in total. The maximum atomic E-state index is 5.67. The number of aromatic nitrogens is 1. The van der Waals surface area contributed by atoms with Crippen molar-refractivity contribution in [1.29, 1.82) is 0 Å². The highest BCUT2D eigenvalue weighted by Gasteiger charge is 2.27. The van der Waals surface area contributed by atoms with Gasteiger partial charge in [0.2, 0.25) is 6.79 Å². The molecule has 2 aliphatic heterocycles. The van der Waals surface area contributed by atoms with E-state index in [1.54, 1.807) is 0 Å². The predicted molar refractivity (Wildman–Crippen MR) is 107 cm³/mol. The molecule has 2 bridgehead atoms. The summed E-state index contributed by atoms with van der Waals surface area (Å²) in [6, 6.07) is 4.32. The van der Waals surface area contributed by atoms with Crippen LogP contribution in [-0.2, 0) is 16.0 Å². The Kier molecular flexibility index (Phi) is 5.21. The first-order valence-corrected chi connectivity index (χ1v) is 9.85. The lowest BCUT2D eigenvalue weighted by atomic mass is 9.84. The molecule has 0 amide bonds. The summed E-state index contributed by atoms with van der Waals surface area (Å²) in [7, 11) is 0. The Morgan fingerprint density at radius 1 is 1.26 bits per heavy atom. The molecule has 3 aliphatic rings. The van der Waals surface area contributed by atoms with Crippen molar-refractivity contribution in [2.45, 2.75) is 39.7 Å². The molecule has 5 heteroatoms. The molecule has 0 radical (unpaired) electrons. The summed E-state index contributed by atoms with van der Waals surface area (Å²) in [5.74, 6) is 3.09. The fourth-order valence-electron chi connectivity index (χ4n) is 3.98. The lowest BCUT2D eigenvalue weighted by Crippen LogP contribution is -2.40. The van der Waals surface area contributed by atoms with Crippen LogP contribution in [0.3, 0.4) is 0 Å². The van der Waals surface area contributed by atoms with Crippen LogP contribution in [0.4, 0.5) is 5.82 Å². The molecule has 2 fully saturated rings. The van der Waals surface area contributed by atoms with Crippen LogP contribution in [-0.4, -0.2) is 31.4 Å². The van der Waals surface area contributed by atoms with Crippen molar-refractivity contribution in [2.75, 3.05) is 31.3 Å². The van der Waals surface area contributed by atoms with E-state index in [0.29, 0.717) is 12.2 Å². The maximum absolute atomic E-state index is 5.67. The molecule has 4 rings (SSSR count). The molecule has 0 spiro atoms. The second kappa shape index (κ2) is 7.77. The van der Waals surface area contributed by atoms with Crippen molar-refractivity contribution < 1.29 is 9.47 Å². The summed E-state index contributed by atoms with van der Waals surface area (Å²) in [4.78, 5) is 7.04. The van der Waals surface area contributed by atoms with Gasteiger partial charge in [0.1, 0.15) is 17.3 Å². The first-order chi connectivity index (χ1) is 13.1. The van der Waals surface area contributed by atoms with E-state index in [0.717, 1.165) is 49.9 Å². The Labute approximate surface area is 161 Å². The lowest BCUT2D eigenvalue weighted by Gasteiger charge is -2.38. The van der Waals surface area contributed by atoms with E-state index in [1.165, 1.54) is 24.0 Å². The van der Waals surface area contributed by atoms with Crippen LogP contribution in [0.5, 0.6) is 0 Å². The molecular weight excluding hydrogens is 338 g/mol. The summed E-state index contributed by atoms with van der Waals surface area (Å²) in [6.45, 7) is 8.77. The molecule has 27 heavy (non-hydrogen) atoms. The number of ether oxygens (including phenoxy) is 2. The van der Waals surface area contributed by atoms with Gasteiger partial charge in [0.25, 0.3) is 0 Å². The Hall–Kier alpha value is -2.27. The van der Waals surface area contributed by atoms with Gasteiger partial charge in [-0.25, -0.2) is 4.98 Å². The number of nitrogens with zero attached hydrogens (tertiary/aromatic N) is 2. The van der Waals surface area contributed by atoms with Crippen LogP contribution in [0.2, 0.25) is 0 Å². The van der Waals surface area contributed by atoms with Gasteiger partial charge >= 0.3 is 0 Å². The van der Waals surface area contributed by atoms with E-state index >= 15 is 0 Å². The highest BCUT2D eigenvalue weighted by Crippen LogP contribution is 2.31. The summed E-state index contributed by atoms with van der Waals surface area (Å²) < 4.78 is 11.1. The number of nitrogens with one attached hydrogen (secondary N) is 1. The van der Waals surface area contributed by atoms with Crippen molar-refractivity contribution in [3.8, 4) is 0 Å². The fourth-order valence-corrected chi connectivity index (χ4v) is 3.98. The summed E-state index contributed by atoms with van der Waals surface area (Å²) in [5, 5.41) is 3.55. The molecule has 0 unspecified atom stereocenters. The first-order valence-electron chi connectivity index (χ1n) is 9.85. The van der Waals surface area contributed by atoms with Gasteiger partial charge in [-0.05, 0) is 42.0 Å². The second-order valence-corrected chi connectivity index (χ2v) is 8.34. The molecule has 0 aromatic carbocycles. The number of allylic oxidation sites excluding steroid dienone is 2. The van der Waals surface area contributed by atoms with E-state index in [9.17, 15) is 0 Å². The number of hydrogen-bond acceptors (Lipinski definition) is 5. The van der Waals surface area contributed by atoms with Gasteiger partial charge in [0.05, 0.1) is 6.42 Å². The molecule has 2 saturated heterocycles. The van der Waals surface area contributed by atoms with Crippen molar-refractivity contribution in [3.05, 3.63) is 59.2 Å². The average Bonchev–Trinajstić information content (AvgIpc) is 2.79. The molecule has 1 aliphatic carbocycles. The van der Waals surface area contributed by atoms with Crippen LogP contribution in [0.25, 0.3) is 0 Å². The summed E-state index contributed by atoms with van der Waals surface area (Å²) >= 11 is 0. The van der Waals surface area contributed by atoms with Gasteiger partial charge in [-0.1, -0.05) is 26.0 Å². The zero-order valence-electron chi connectivity index (χ0n) is 16.3. The molecule has 0 saturated carbocycles. The minimum Gasteiger partial charge on any atom is -0.461 e. The first kappa shape index (κ1) is 18.1. The van der Waals surface area contributed by atoms with Gasteiger partial charge in [0, 0.05) is 37.9 Å². The highest BCUT2D eigenvalue weighted by molar-refractivity contribution is 5.42. The predicted octanol–water partition coefficient (Wildman–Crippen LogP) is 3.90. The second-order valence-electron chi connectivity index (χ2n) is 8.34. The van der Waals surface area contributed by atoms with Gasteiger partial charge in [-0.15, -0.1) is 0 Å². The van der Waals surface area contributed by atoms with Crippen molar-refractivity contribution >= 4 is 5.82 Å². The monoisotopic (exact) mass is 367 g/mol. The van der Waals surface area contributed by atoms with Gasteiger partial charge in [-0.3, -0.25) is 0 Å². The van der Waals surface area contributed by atoms with Crippen LogP contribution in [0.15, 0.2) is 53.6 Å². The van der Waals surface area contributed by atoms with Crippen LogP contribution in [0.1, 0.15) is 38.7 Å². The number of anilines is 1. The fraction of sp³-hybridized carbons (Fsp3) is 0.500. The van der Waals surface area contributed by atoms with E-state index in [-0.39, 0.29) is 0 Å². The third-order valence-corrected chi connectivity index (χ3v) is 5.43. The number of hydrogen-bond donors (Lipinski definition) is 1. The molecule has 0 atom stereocenters. The topological polar surface area (TPSA) is 46.6 Å². The third-order valence-electron chi connectivity index (χ3n) is 5.43. The lowest BCUT2D eigenvalue weighted by molar-refractivity contribution is -0.0220. The van der Waals surface area contributed by atoms with Crippen LogP contribution in [0, 0.1) is 5.41 Å². The Morgan fingerprint density at radius 3 is 3.07 bits per heavy atom. The summed E-state index contributed by atoms with van der Waals surface area (Å²) in [6.07, 6.45) is 11.4. The van der Waals surface area contributed by atoms with Gasteiger partial charge < -0.3 is 19.7 Å². The number of fused-ring (bicyclic) bond motifs is 2. The molecule has 1 aromatic heterocycles. The zero-order chi connectivity index (χ0) is 18.7. The van der Waals surface area contributed by atoms with Crippen LogP contribution < -0.4 is 10.2 Å². The molecular formula is C22H29N3O2. The van der Waals surface area contributed by atoms with Gasteiger partial charge in [-0.2, -0.15) is 0 Å². The van der Waals surface area contributed by atoms with E-state index in [4.69, 9.17) is 9.47 Å². The van der Waals surface area contributed by atoms with Crippen molar-refractivity contribution in [2.24, 2.45) is 5.41 Å². The third kappa shape index (κ3) is 4.53. The quantitative estimate of drug-likeness (QED) is 0.855. The molecule has 5 nitrogen and oxygen atoms in total. The van der Waals surface area contributed by atoms with Crippen molar-refractivity contribution in [1.82, 2.24) is 10.3 Å². The molecule has 1 aromatic rings. The Morgan fingerprint density at radius 2 is 2.19 bits per heavy atom. The normalized spacial score (nSPS) is 21.3. The Bertz CT molecular complexity index is 780. The van der Waals surface area contributed by atoms with E-state index < -0.39 is 0 Å². The molecule has 144 valence electrons. The maximum Gasteiger partial charge on any atom is 0.229 e. The molecule has 3 heterocycles. The number of rotatable bonds is 5. The van der Waals surface area contributed by atoms with Gasteiger partial charge in [0.15, 0.2) is 0 Å².